The Kier molecular flexibility index (Phi) is 5.94. The summed E-state index contributed by atoms with van der Waals surface area (Å²) in [5.41, 5.74) is 2.43. The summed E-state index contributed by atoms with van der Waals surface area (Å²) in [6, 6.07) is 14.9. The number of nitrogens with zero attached hydrogens (tertiary/aromatic N) is 3. The molecule has 1 amide bonds. The smallest absolute Gasteiger partial charge is 0.263 e. The van der Waals surface area contributed by atoms with Crippen LogP contribution >= 0.6 is 11.3 Å². The first-order valence-corrected chi connectivity index (χ1v) is 10.2. The van der Waals surface area contributed by atoms with Gasteiger partial charge in [0.15, 0.2) is 6.61 Å². The molecule has 9 heteroatoms. The lowest BCUT2D eigenvalue weighted by Gasteiger charge is -2.08. The summed E-state index contributed by atoms with van der Waals surface area (Å²) in [7, 11) is 1.62. The molecule has 0 bridgehead atoms. The highest BCUT2D eigenvalue weighted by atomic mass is 32.1. The second-order valence-corrected chi connectivity index (χ2v) is 7.46. The van der Waals surface area contributed by atoms with Crippen LogP contribution in [0.2, 0.25) is 0 Å². The van der Waals surface area contributed by atoms with E-state index in [4.69, 9.17) is 9.47 Å². The Morgan fingerprint density at radius 1 is 1.16 bits per heavy atom. The Morgan fingerprint density at radius 3 is 2.74 bits per heavy atom. The maximum atomic E-state index is 13.0. The predicted molar refractivity (Wildman–Crippen MR) is 116 cm³/mol. The third kappa shape index (κ3) is 4.89. The topological polar surface area (TPSA) is 78.3 Å². The Balaban J connectivity index is 1.49. The number of ether oxygens (including phenoxy) is 2. The molecule has 0 spiro atoms. The van der Waals surface area contributed by atoms with Crippen LogP contribution in [-0.4, -0.2) is 34.4 Å². The lowest BCUT2D eigenvalue weighted by atomic mass is 10.2. The quantitative estimate of drug-likeness (QED) is 0.461. The van der Waals surface area contributed by atoms with E-state index in [2.05, 4.69) is 15.4 Å². The zero-order chi connectivity index (χ0) is 21.8. The molecule has 0 fully saturated rings. The van der Waals surface area contributed by atoms with Crippen LogP contribution in [0.4, 0.5) is 10.2 Å². The van der Waals surface area contributed by atoms with E-state index in [1.54, 1.807) is 17.9 Å². The van der Waals surface area contributed by atoms with Gasteiger partial charge in [-0.05, 0) is 43.3 Å². The number of amides is 1. The number of hydrogen-bond acceptors (Lipinski definition) is 6. The molecule has 158 valence electrons. The monoisotopic (exact) mass is 438 g/mol. The van der Waals surface area contributed by atoms with E-state index in [-0.39, 0.29) is 18.3 Å². The minimum absolute atomic E-state index is 0.219. The average molecular weight is 438 g/mol. The summed E-state index contributed by atoms with van der Waals surface area (Å²) < 4.78 is 25.2. The Morgan fingerprint density at radius 2 is 1.97 bits per heavy atom. The lowest BCUT2D eigenvalue weighted by molar-refractivity contribution is -0.118. The molecule has 4 rings (SSSR count). The fourth-order valence-corrected chi connectivity index (χ4v) is 3.67. The minimum Gasteiger partial charge on any atom is -0.497 e. The van der Waals surface area contributed by atoms with E-state index in [0.29, 0.717) is 16.7 Å². The van der Waals surface area contributed by atoms with Crippen LogP contribution in [-0.2, 0) is 4.79 Å². The lowest BCUT2D eigenvalue weighted by Crippen LogP contribution is -2.21. The molecule has 31 heavy (non-hydrogen) atoms. The number of carbonyl (C=O) groups excluding carboxylic acids is 1. The molecule has 4 aromatic rings. The van der Waals surface area contributed by atoms with E-state index in [1.807, 2.05) is 36.6 Å². The molecule has 0 unspecified atom stereocenters. The second-order valence-electron chi connectivity index (χ2n) is 6.62. The van der Waals surface area contributed by atoms with Gasteiger partial charge in [0, 0.05) is 17.0 Å². The van der Waals surface area contributed by atoms with Gasteiger partial charge in [0.25, 0.3) is 5.91 Å². The number of benzene rings is 2. The third-order valence-corrected chi connectivity index (χ3v) is 5.14. The molecule has 1 N–H and O–H groups in total. The van der Waals surface area contributed by atoms with Crippen molar-refractivity contribution in [1.29, 1.82) is 0 Å². The van der Waals surface area contributed by atoms with Crippen LogP contribution in [0.25, 0.3) is 16.4 Å². The second kappa shape index (κ2) is 8.97. The Bertz CT molecular complexity index is 1200. The zero-order valence-electron chi connectivity index (χ0n) is 16.8. The van der Waals surface area contributed by atoms with Gasteiger partial charge in [-0.2, -0.15) is 9.78 Å². The molecule has 2 aromatic carbocycles. The molecule has 0 radical (unpaired) electrons. The molecule has 0 aliphatic carbocycles. The first kappa shape index (κ1) is 20.5. The number of halogens is 1. The summed E-state index contributed by atoms with van der Waals surface area (Å²) in [6.45, 7) is 1.61. The van der Waals surface area contributed by atoms with Gasteiger partial charge < -0.3 is 14.8 Å². The summed E-state index contributed by atoms with van der Waals surface area (Å²) in [5.74, 6) is 0.903. The van der Waals surface area contributed by atoms with E-state index in [1.165, 1.54) is 35.6 Å². The highest BCUT2D eigenvalue weighted by Crippen LogP contribution is 2.28. The maximum Gasteiger partial charge on any atom is 0.263 e. The van der Waals surface area contributed by atoms with Gasteiger partial charge in [0.2, 0.25) is 5.13 Å². The normalized spacial score (nSPS) is 10.7. The summed E-state index contributed by atoms with van der Waals surface area (Å²) >= 11 is 1.41. The van der Waals surface area contributed by atoms with Gasteiger partial charge in [-0.25, -0.2) is 9.37 Å². The van der Waals surface area contributed by atoms with Crippen molar-refractivity contribution in [2.24, 2.45) is 0 Å². The number of nitrogens with one attached hydrogen (secondary N) is 1. The Hall–Kier alpha value is -3.72. The van der Waals surface area contributed by atoms with Crippen molar-refractivity contribution in [1.82, 2.24) is 14.8 Å². The largest absolute Gasteiger partial charge is 0.497 e. The van der Waals surface area contributed by atoms with E-state index in [0.717, 1.165) is 22.7 Å². The number of aryl methyl sites for hydroxylation is 1. The average Bonchev–Trinajstić information content (AvgIpc) is 3.40. The summed E-state index contributed by atoms with van der Waals surface area (Å²) in [5, 5.41) is 9.77. The van der Waals surface area contributed by atoms with Crippen molar-refractivity contribution < 1.29 is 18.7 Å². The number of anilines is 1. The highest BCUT2D eigenvalue weighted by molar-refractivity contribution is 7.12. The first-order chi connectivity index (χ1) is 15.0. The fourth-order valence-electron chi connectivity index (χ4n) is 2.87. The van der Waals surface area contributed by atoms with Crippen LogP contribution in [0.1, 0.15) is 5.69 Å². The van der Waals surface area contributed by atoms with Crippen molar-refractivity contribution in [2.45, 2.75) is 6.92 Å². The zero-order valence-corrected chi connectivity index (χ0v) is 17.6. The number of aromatic nitrogens is 3. The number of methoxy groups -OCH3 is 1. The van der Waals surface area contributed by atoms with Crippen molar-refractivity contribution in [3.8, 4) is 27.9 Å². The van der Waals surface area contributed by atoms with E-state index >= 15 is 0 Å². The third-order valence-electron chi connectivity index (χ3n) is 4.32. The first-order valence-electron chi connectivity index (χ1n) is 9.37. The van der Waals surface area contributed by atoms with E-state index in [9.17, 15) is 9.18 Å². The van der Waals surface area contributed by atoms with Crippen LogP contribution in [0, 0.1) is 12.7 Å². The van der Waals surface area contributed by atoms with Gasteiger partial charge in [0.05, 0.1) is 18.5 Å². The molecule has 0 saturated carbocycles. The van der Waals surface area contributed by atoms with Gasteiger partial charge in [-0.3, -0.25) is 4.79 Å². The van der Waals surface area contributed by atoms with Crippen LogP contribution < -0.4 is 14.8 Å². The van der Waals surface area contributed by atoms with Crippen LogP contribution in [0.3, 0.4) is 0 Å². The number of hydrogen-bond donors (Lipinski definition) is 1. The molecular formula is C22H19FN4O3S. The van der Waals surface area contributed by atoms with Gasteiger partial charge in [0.1, 0.15) is 23.1 Å². The van der Waals surface area contributed by atoms with Crippen molar-refractivity contribution in [3.63, 3.8) is 0 Å². The SMILES string of the molecule is COc1cccc(-c2csc(-n3nc(C)cc3NC(=O)COc3ccc(F)cc3)n2)c1. The van der Waals surface area contributed by atoms with Crippen molar-refractivity contribution in [3.05, 3.63) is 71.5 Å². The molecule has 2 heterocycles. The van der Waals surface area contributed by atoms with Gasteiger partial charge >= 0.3 is 0 Å². The Labute approximate surface area is 182 Å². The molecule has 7 nitrogen and oxygen atoms in total. The van der Waals surface area contributed by atoms with Gasteiger partial charge in [-0.15, -0.1) is 11.3 Å². The molecule has 2 aromatic heterocycles. The molecule has 0 aliphatic rings. The minimum atomic E-state index is -0.368. The van der Waals surface area contributed by atoms with Crippen LogP contribution in [0.5, 0.6) is 11.5 Å². The van der Waals surface area contributed by atoms with Crippen LogP contribution in [0.15, 0.2) is 60.0 Å². The van der Waals surface area contributed by atoms with Crippen molar-refractivity contribution >= 4 is 23.1 Å². The maximum absolute atomic E-state index is 13.0. The molecule has 0 aliphatic heterocycles. The number of thiazole rings is 1. The molecular weight excluding hydrogens is 419 g/mol. The standard InChI is InChI=1S/C22H19FN4O3S/c1-14-10-20(25-21(28)12-30-17-8-6-16(23)7-9-17)27(26-14)22-24-19(13-31-22)15-4-3-5-18(11-15)29-2/h3-11,13H,12H2,1-2H3,(H,25,28). The molecule has 0 saturated heterocycles. The summed E-state index contributed by atoms with van der Waals surface area (Å²) in [4.78, 5) is 17.0. The number of rotatable bonds is 7. The highest BCUT2D eigenvalue weighted by Gasteiger charge is 2.15. The van der Waals surface area contributed by atoms with E-state index < -0.39 is 0 Å². The predicted octanol–water partition coefficient (Wildman–Crippen LogP) is 4.47. The summed E-state index contributed by atoms with van der Waals surface area (Å²) in [6.07, 6.45) is 0. The van der Waals surface area contributed by atoms with Crippen molar-refractivity contribution in [2.75, 3.05) is 19.0 Å². The van der Waals surface area contributed by atoms with Gasteiger partial charge in [-0.1, -0.05) is 12.1 Å². The molecule has 0 atom stereocenters. The fraction of sp³-hybridized carbons (Fsp3) is 0.136. The number of carbonyl (C=O) groups is 1.